The standard InChI is InChI=1S/C14H7Cl2F3O7S2/c1-27(20,21)25-12-2-6-7-3-13(26-28(22,23)14(17,18)19)9(16)5-11(7)24-10(6)4-8(12)15/h2-5H,1H3. The van der Waals surface area contributed by atoms with Gasteiger partial charge in [0.05, 0.1) is 16.3 Å². The van der Waals surface area contributed by atoms with E-state index in [0.29, 0.717) is 0 Å². The molecule has 3 rings (SSSR count). The Balaban J connectivity index is 2.21. The fourth-order valence-electron chi connectivity index (χ4n) is 2.23. The lowest BCUT2D eigenvalue weighted by Crippen LogP contribution is -2.28. The van der Waals surface area contributed by atoms with E-state index in [2.05, 4.69) is 4.18 Å². The molecule has 28 heavy (non-hydrogen) atoms. The van der Waals surface area contributed by atoms with Gasteiger partial charge in [0.2, 0.25) is 0 Å². The molecule has 0 aliphatic rings. The van der Waals surface area contributed by atoms with Crippen LogP contribution < -0.4 is 8.37 Å². The van der Waals surface area contributed by atoms with Crippen LogP contribution in [-0.4, -0.2) is 28.6 Å². The smallest absolute Gasteiger partial charge is 0.456 e. The zero-order valence-corrected chi connectivity index (χ0v) is 16.5. The minimum atomic E-state index is -5.96. The molecule has 1 heterocycles. The highest BCUT2D eigenvalue weighted by Gasteiger charge is 2.48. The molecule has 3 aromatic rings. The lowest BCUT2D eigenvalue weighted by Gasteiger charge is -2.10. The summed E-state index contributed by atoms with van der Waals surface area (Å²) in [6, 6.07) is 4.34. The quantitative estimate of drug-likeness (QED) is 0.403. The Kier molecular flexibility index (Phi) is 4.89. The second-order valence-electron chi connectivity index (χ2n) is 5.43. The zero-order valence-electron chi connectivity index (χ0n) is 13.4. The van der Waals surface area contributed by atoms with Crippen LogP contribution in [0.2, 0.25) is 10.0 Å². The highest BCUT2D eigenvalue weighted by atomic mass is 35.5. The van der Waals surface area contributed by atoms with Crippen LogP contribution in [-0.2, 0) is 20.2 Å². The molecule has 7 nitrogen and oxygen atoms in total. The summed E-state index contributed by atoms with van der Waals surface area (Å²) < 4.78 is 97.0. The summed E-state index contributed by atoms with van der Waals surface area (Å²) in [6.07, 6.45) is 0.786. The van der Waals surface area contributed by atoms with Gasteiger partial charge in [-0.1, -0.05) is 23.2 Å². The number of benzene rings is 2. The molecule has 0 saturated heterocycles. The first kappa shape index (κ1) is 20.8. The molecule has 0 aliphatic heterocycles. The van der Waals surface area contributed by atoms with Gasteiger partial charge in [-0.3, -0.25) is 0 Å². The Morgan fingerprint density at radius 1 is 0.857 bits per heavy atom. The molecule has 1 aromatic heterocycles. The van der Waals surface area contributed by atoms with E-state index in [4.69, 9.17) is 31.8 Å². The van der Waals surface area contributed by atoms with Crippen LogP contribution in [0, 0.1) is 0 Å². The Labute approximate surface area is 165 Å². The molecule has 0 fully saturated rings. The van der Waals surface area contributed by atoms with Gasteiger partial charge in [0, 0.05) is 22.9 Å². The van der Waals surface area contributed by atoms with Crippen LogP contribution in [0.4, 0.5) is 13.2 Å². The lowest BCUT2D eigenvalue weighted by atomic mass is 10.1. The molecule has 0 atom stereocenters. The van der Waals surface area contributed by atoms with Crippen LogP contribution in [0.3, 0.4) is 0 Å². The lowest BCUT2D eigenvalue weighted by molar-refractivity contribution is -0.0500. The van der Waals surface area contributed by atoms with Gasteiger partial charge in [0.15, 0.2) is 11.5 Å². The summed E-state index contributed by atoms with van der Waals surface area (Å²) in [6.45, 7) is 0. The number of alkyl halides is 3. The summed E-state index contributed by atoms with van der Waals surface area (Å²) in [4.78, 5) is 0. The topological polar surface area (TPSA) is 99.9 Å². The van der Waals surface area contributed by atoms with Crippen molar-refractivity contribution in [1.82, 2.24) is 0 Å². The van der Waals surface area contributed by atoms with E-state index in [1.165, 1.54) is 12.1 Å². The van der Waals surface area contributed by atoms with Gasteiger partial charge in [-0.05, 0) is 12.1 Å². The summed E-state index contributed by atoms with van der Waals surface area (Å²) in [5.41, 5.74) is -5.48. The third-order valence-electron chi connectivity index (χ3n) is 3.30. The molecule has 0 aliphatic carbocycles. The average molecular weight is 479 g/mol. The van der Waals surface area contributed by atoms with Gasteiger partial charge in [-0.15, -0.1) is 0 Å². The molecule has 2 aromatic carbocycles. The number of furan rings is 1. The van der Waals surface area contributed by atoms with E-state index in [-0.39, 0.29) is 32.7 Å². The fourth-order valence-corrected chi connectivity index (χ4v) is 3.64. The molecule has 0 saturated carbocycles. The van der Waals surface area contributed by atoms with Crippen LogP contribution in [0.25, 0.3) is 21.9 Å². The van der Waals surface area contributed by atoms with Gasteiger partial charge < -0.3 is 12.8 Å². The molecule has 0 unspecified atom stereocenters. The van der Waals surface area contributed by atoms with Crippen molar-refractivity contribution in [3.8, 4) is 11.5 Å². The molecule has 0 radical (unpaired) electrons. The number of fused-ring (bicyclic) bond motifs is 3. The number of rotatable bonds is 4. The normalized spacial score (nSPS) is 13.2. The predicted molar refractivity (Wildman–Crippen MR) is 94.8 cm³/mol. The van der Waals surface area contributed by atoms with E-state index in [1.54, 1.807) is 0 Å². The maximum Gasteiger partial charge on any atom is 0.534 e. The van der Waals surface area contributed by atoms with Crippen LogP contribution in [0.5, 0.6) is 11.5 Å². The summed E-state index contributed by atoms with van der Waals surface area (Å²) in [5, 5.41) is -0.317. The summed E-state index contributed by atoms with van der Waals surface area (Å²) in [5.74, 6) is -1.06. The van der Waals surface area contributed by atoms with Crippen LogP contribution in [0.1, 0.15) is 0 Å². The Hall–Kier alpha value is -1.89. The third-order valence-corrected chi connectivity index (χ3v) is 5.34. The first-order valence-corrected chi connectivity index (χ1v) is 10.9. The maximum atomic E-state index is 12.5. The van der Waals surface area contributed by atoms with E-state index in [1.807, 2.05) is 0 Å². The molecule has 0 amide bonds. The Morgan fingerprint density at radius 3 is 1.68 bits per heavy atom. The van der Waals surface area contributed by atoms with Crippen molar-refractivity contribution in [3.63, 3.8) is 0 Å². The molecule has 152 valence electrons. The van der Waals surface area contributed by atoms with Gasteiger partial charge in [0.1, 0.15) is 11.2 Å². The minimum Gasteiger partial charge on any atom is -0.456 e. The SMILES string of the molecule is CS(=O)(=O)Oc1cc2c(cc1Cl)oc1cc(Cl)c(OS(=O)(=O)C(F)(F)F)cc12. The predicted octanol–water partition coefficient (Wildman–Crippen LogP) is 4.46. The van der Waals surface area contributed by atoms with Crippen molar-refractivity contribution < 1.29 is 42.8 Å². The van der Waals surface area contributed by atoms with E-state index < -0.39 is 36.5 Å². The van der Waals surface area contributed by atoms with Gasteiger partial charge in [-0.2, -0.15) is 30.0 Å². The summed E-state index contributed by atoms with van der Waals surface area (Å²) >= 11 is 11.7. The first-order chi connectivity index (χ1) is 12.7. The first-order valence-electron chi connectivity index (χ1n) is 6.93. The number of halogens is 5. The van der Waals surface area contributed by atoms with Crippen LogP contribution >= 0.6 is 23.2 Å². The number of hydrogen-bond donors (Lipinski definition) is 0. The van der Waals surface area contributed by atoms with Crippen molar-refractivity contribution in [2.75, 3.05) is 6.26 Å². The molecule has 0 bridgehead atoms. The Bertz CT molecular complexity index is 1310. The third kappa shape index (κ3) is 3.95. The van der Waals surface area contributed by atoms with Crippen LogP contribution in [0.15, 0.2) is 28.7 Å². The van der Waals surface area contributed by atoms with E-state index in [9.17, 15) is 30.0 Å². The molecular formula is C14H7Cl2F3O7S2. The van der Waals surface area contributed by atoms with Crippen molar-refractivity contribution in [1.29, 1.82) is 0 Å². The zero-order chi connectivity index (χ0) is 21.1. The van der Waals surface area contributed by atoms with Crippen molar-refractivity contribution in [3.05, 3.63) is 34.3 Å². The molecule has 0 spiro atoms. The monoisotopic (exact) mass is 478 g/mol. The highest BCUT2D eigenvalue weighted by molar-refractivity contribution is 7.88. The number of hydrogen-bond acceptors (Lipinski definition) is 7. The summed E-state index contributed by atoms with van der Waals surface area (Å²) in [7, 11) is -9.88. The highest BCUT2D eigenvalue weighted by Crippen LogP contribution is 2.41. The van der Waals surface area contributed by atoms with Gasteiger partial charge in [0.25, 0.3) is 0 Å². The van der Waals surface area contributed by atoms with Crippen molar-refractivity contribution in [2.45, 2.75) is 5.51 Å². The Morgan fingerprint density at radius 2 is 1.29 bits per heavy atom. The van der Waals surface area contributed by atoms with E-state index >= 15 is 0 Å². The second-order valence-corrected chi connectivity index (χ2v) is 9.36. The molecule has 14 heteroatoms. The average Bonchev–Trinajstić information content (AvgIpc) is 2.81. The second kappa shape index (κ2) is 6.58. The van der Waals surface area contributed by atoms with E-state index in [0.717, 1.165) is 18.4 Å². The fraction of sp³-hybridized carbons (Fsp3) is 0.143. The molecular weight excluding hydrogens is 472 g/mol. The van der Waals surface area contributed by atoms with Gasteiger partial charge >= 0.3 is 25.7 Å². The van der Waals surface area contributed by atoms with Crippen molar-refractivity contribution >= 4 is 65.4 Å². The molecule has 0 N–H and O–H groups in total. The largest absolute Gasteiger partial charge is 0.534 e. The maximum absolute atomic E-state index is 12.5. The van der Waals surface area contributed by atoms with Crippen molar-refractivity contribution in [2.24, 2.45) is 0 Å². The minimum absolute atomic E-state index is 0.0596. The van der Waals surface area contributed by atoms with Gasteiger partial charge in [-0.25, -0.2) is 0 Å².